The highest BCUT2D eigenvalue weighted by atomic mass is 31.2. The summed E-state index contributed by atoms with van der Waals surface area (Å²) in [6.07, 6.45) is 53.7. The van der Waals surface area contributed by atoms with Crippen molar-refractivity contribution in [1.82, 2.24) is 5.32 Å². The molecule has 0 heterocycles. The number of likely N-dealkylation sites (N-methyl/N-ethyl adjacent to an activating group) is 1. The number of hydrogen-bond acceptors (Lipinski definition) is 6. The molecule has 0 saturated carbocycles. The van der Waals surface area contributed by atoms with Crippen molar-refractivity contribution in [2.24, 2.45) is 0 Å². The summed E-state index contributed by atoms with van der Waals surface area (Å²) < 4.78 is 22.9. The molecule has 0 spiro atoms. The van der Waals surface area contributed by atoms with Crippen LogP contribution in [0.2, 0.25) is 0 Å². The lowest BCUT2D eigenvalue weighted by Crippen LogP contribution is -2.45. The zero-order chi connectivity index (χ0) is 44.3. The van der Waals surface area contributed by atoms with Crippen LogP contribution < -0.4 is 10.2 Å². The lowest BCUT2D eigenvalue weighted by atomic mass is 10.0. The Hall–Kier alpha value is -1.02. The van der Waals surface area contributed by atoms with Crippen molar-refractivity contribution in [1.29, 1.82) is 0 Å². The summed E-state index contributed by atoms with van der Waals surface area (Å²) in [5, 5.41) is 13.4. The first-order chi connectivity index (χ1) is 29.0. The number of nitrogens with zero attached hydrogens (tertiary/aromatic N) is 1. The molecule has 1 amide bonds. The van der Waals surface area contributed by atoms with E-state index in [1.165, 1.54) is 193 Å². The predicted octanol–water partition coefficient (Wildman–Crippen LogP) is 14.2. The highest BCUT2D eigenvalue weighted by Gasteiger charge is 2.23. The average molecular weight is 869 g/mol. The highest BCUT2D eigenvalue weighted by molar-refractivity contribution is 7.45. The maximum absolute atomic E-state index is 12.7. The fraction of sp³-hybridized carbons (Fsp3) is 0.902. The van der Waals surface area contributed by atoms with Crippen LogP contribution in [0.25, 0.3) is 0 Å². The fourth-order valence-corrected chi connectivity index (χ4v) is 8.29. The number of phosphoric ester groups is 1. The molecule has 8 nitrogen and oxygen atoms in total. The first-order valence-corrected chi connectivity index (χ1v) is 27.2. The van der Waals surface area contributed by atoms with E-state index >= 15 is 0 Å². The highest BCUT2D eigenvalue weighted by Crippen LogP contribution is 2.38. The van der Waals surface area contributed by atoms with E-state index in [4.69, 9.17) is 9.05 Å². The molecule has 0 aromatic heterocycles. The number of aliphatic hydroxyl groups is 1. The Morgan fingerprint density at radius 2 is 0.950 bits per heavy atom. The summed E-state index contributed by atoms with van der Waals surface area (Å²) in [7, 11) is 1.26. The van der Waals surface area contributed by atoms with Crippen LogP contribution >= 0.6 is 7.82 Å². The van der Waals surface area contributed by atoms with Crippen LogP contribution in [0.3, 0.4) is 0 Å². The zero-order valence-electron chi connectivity index (χ0n) is 40.4. The lowest BCUT2D eigenvalue weighted by Gasteiger charge is -2.29. The molecule has 60 heavy (non-hydrogen) atoms. The fourth-order valence-electron chi connectivity index (χ4n) is 7.57. The van der Waals surface area contributed by atoms with Gasteiger partial charge in [0.05, 0.1) is 39.9 Å². The molecule has 0 fully saturated rings. The van der Waals surface area contributed by atoms with Gasteiger partial charge in [-0.3, -0.25) is 9.36 Å². The van der Waals surface area contributed by atoms with Gasteiger partial charge in [0.25, 0.3) is 7.82 Å². The Morgan fingerprint density at radius 3 is 1.33 bits per heavy atom. The van der Waals surface area contributed by atoms with Gasteiger partial charge in [0.2, 0.25) is 5.91 Å². The van der Waals surface area contributed by atoms with Crippen molar-refractivity contribution in [3.63, 3.8) is 0 Å². The molecule has 0 aromatic carbocycles. The van der Waals surface area contributed by atoms with E-state index in [-0.39, 0.29) is 19.1 Å². The molecule has 9 heteroatoms. The van der Waals surface area contributed by atoms with E-state index in [1.54, 1.807) is 6.08 Å². The van der Waals surface area contributed by atoms with Gasteiger partial charge in [0.15, 0.2) is 0 Å². The van der Waals surface area contributed by atoms with Crippen molar-refractivity contribution in [3.05, 3.63) is 24.3 Å². The van der Waals surface area contributed by atoms with Crippen LogP contribution in [0.5, 0.6) is 0 Å². The van der Waals surface area contributed by atoms with Crippen LogP contribution in [0.1, 0.15) is 245 Å². The van der Waals surface area contributed by atoms with E-state index in [0.717, 1.165) is 32.1 Å². The molecular weight excluding hydrogens is 768 g/mol. The van der Waals surface area contributed by atoms with Gasteiger partial charge in [0, 0.05) is 6.42 Å². The minimum Gasteiger partial charge on any atom is -0.756 e. The first kappa shape index (κ1) is 59.0. The van der Waals surface area contributed by atoms with Crippen LogP contribution in [-0.2, 0) is 18.4 Å². The summed E-state index contributed by atoms with van der Waals surface area (Å²) in [6, 6.07) is -0.878. The van der Waals surface area contributed by atoms with Gasteiger partial charge in [-0.05, 0) is 38.5 Å². The molecule has 0 aliphatic rings. The van der Waals surface area contributed by atoms with Gasteiger partial charge in [-0.1, -0.05) is 224 Å². The maximum atomic E-state index is 12.7. The number of allylic oxidation sites excluding steroid dienone is 3. The summed E-state index contributed by atoms with van der Waals surface area (Å²) in [5.74, 6) is -0.206. The monoisotopic (exact) mass is 869 g/mol. The molecule has 0 radical (unpaired) electrons. The lowest BCUT2D eigenvalue weighted by molar-refractivity contribution is -0.870. The number of hydrogen-bond donors (Lipinski definition) is 2. The SMILES string of the molecule is CCC/C=C/C(O)C(COP(=O)([O-])OCC[N+](C)(C)C)NC(=O)CCCCCCCCCCCCCCCCCCCCCCCCC/C=C\CCCCCCCCCC. The Labute approximate surface area is 373 Å². The van der Waals surface area contributed by atoms with E-state index in [9.17, 15) is 19.4 Å². The van der Waals surface area contributed by atoms with Crippen LogP contribution in [0.4, 0.5) is 0 Å². The molecule has 0 aliphatic carbocycles. The second-order valence-electron chi connectivity index (χ2n) is 18.9. The zero-order valence-corrected chi connectivity index (χ0v) is 41.3. The molecule has 2 N–H and O–H groups in total. The van der Waals surface area contributed by atoms with E-state index in [0.29, 0.717) is 17.4 Å². The number of rotatable bonds is 47. The molecule has 356 valence electrons. The third-order valence-electron chi connectivity index (χ3n) is 11.6. The number of phosphoric acid groups is 1. The number of unbranched alkanes of at least 4 members (excludes halogenated alkanes) is 32. The summed E-state index contributed by atoms with van der Waals surface area (Å²) >= 11 is 0. The minimum absolute atomic E-state index is 0.000830. The number of carbonyl (C=O) groups excluding carboxylic acids is 1. The number of carbonyl (C=O) groups is 1. The molecule has 3 unspecified atom stereocenters. The third kappa shape index (κ3) is 45.0. The normalized spacial score (nSPS) is 14.3. The van der Waals surface area contributed by atoms with Crippen molar-refractivity contribution < 1.29 is 32.9 Å². The van der Waals surface area contributed by atoms with Gasteiger partial charge in [-0.2, -0.15) is 0 Å². The van der Waals surface area contributed by atoms with E-state index in [1.807, 2.05) is 34.1 Å². The summed E-state index contributed by atoms with van der Waals surface area (Å²) in [4.78, 5) is 25.0. The largest absolute Gasteiger partial charge is 0.756 e. The molecule has 0 bridgehead atoms. The van der Waals surface area contributed by atoms with Gasteiger partial charge in [0.1, 0.15) is 13.2 Å². The second-order valence-corrected chi connectivity index (χ2v) is 20.3. The second kappa shape index (κ2) is 43.2. The van der Waals surface area contributed by atoms with E-state index in [2.05, 4.69) is 24.4 Å². The number of amides is 1. The molecule has 0 aliphatic heterocycles. The van der Waals surface area contributed by atoms with Gasteiger partial charge < -0.3 is 28.8 Å². The minimum atomic E-state index is -4.56. The number of aliphatic hydroxyl groups excluding tert-OH is 1. The first-order valence-electron chi connectivity index (χ1n) is 25.7. The molecule has 0 saturated heterocycles. The standard InChI is InChI=1S/C51H101N2O6P/c1-6-8-10-11-12-13-14-15-16-17-18-19-20-21-22-23-24-25-26-27-28-29-30-31-32-33-34-35-36-37-38-39-40-41-43-45-51(55)52-49(50(54)44-42-9-7-2)48-59-60(56,57)58-47-46-53(3,4)5/h17-18,42,44,49-50,54H,6-16,19-41,43,45-48H2,1-5H3,(H-,52,55,56,57)/b18-17-,44-42+. The predicted molar refractivity (Wildman–Crippen MR) is 256 cm³/mol. The van der Waals surface area contributed by atoms with Crippen LogP contribution in [0, 0.1) is 0 Å². The van der Waals surface area contributed by atoms with Crippen LogP contribution in [-0.4, -0.2) is 68.5 Å². The topological polar surface area (TPSA) is 108 Å². The molecule has 0 rings (SSSR count). The molecule has 0 aromatic rings. The Bertz CT molecular complexity index is 1030. The smallest absolute Gasteiger partial charge is 0.268 e. The van der Waals surface area contributed by atoms with Gasteiger partial charge in [-0.15, -0.1) is 0 Å². The quantitative estimate of drug-likeness (QED) is 0.0273. The van der Waals surface area contributed by atoms with Crippen LogP contribution in [0.15, 0.2) is 24.3 Å². The Morgan fingerprint density at radius 1 is 0.567 bits per heavy atom. The summed E-state index contributed by atoms with van der Waals surface area (Å²) in [6.45, 7) is 4.44. The number of quaternary nitrogens is 1. The summed E-state index contributed by atoms with van der Waals surface area (Å²) in [5.41, 5.74) is 0. The maximum Gasteiger partial charge on any atom is 0.268 e. The Kier molecular flexibility index (Phi) is 42.5. The van der Waals surface area contributed by atoms with Gasteiger partial charge in [-0.25, -0.2) is 0 Å². The average Bonchev–Trinajstić information content (AvgIpc) is 3.20. The van der Waals surface area contributed by atoms with Crippen molar-refractivity contribution in [2.45, 2.75) is 257 Å². The van der Waals surface area contributed by atoms with Gasteiger partial charge >= 0.3 is 0 Å². The molecular formula is C51H101N2O6P. The van der Waals surface area contributed by atoms with Crippen molar-refractivity contribution in [3.8, 4) is 0 Å². The van der Waals surface area contributed by atoms with Crippen molar-refractivity contribution in [2.75, 3.05) is 40.9 Å². The van der Waals surface area contributed by atoms with Crippen molar-refractivity contribution >= 4 is 13.7 Å². The number of nitrogens with one attached hydrogen (secondary N) is 1. The molecule has 3 atom stereocenters. The Balaban J connectivity index is 3.64. The van der Waals surface area contributed by atoms with E-state index < -0.39 is 20.0 Å². The third-order valence-corrected chi connectivity index (χ3v) is 12.6.